The monoisotopic (exact) mass is 593 g/mol. The van der Waals surface area contributed by atoms with Crippen LogP contribution in [-0.2, 0) is 63.4 Å². The van der Waals surface area contributed by atoms with Gasteiger partial charge in [-0.1, -0.05) is 0 Å². The van der Waals surface area contributed by atoms with Crippen LogP contribution in [0.4, 0.5) is 0 Å². The van der Waals surface area contributed by atoms with Crippen LogP contribution in [0, 0.1) is 33.3 Å². The van der Waals surface area contributed by atoms with E-state index in [0.717, 1.165) is 0 Å². The molecule has 154 valence electrons. The van der Waals surface area contributed by atoms with Crippen LogP contribution in [0.3, 0.4) is 0 Å². The third-order valence-electron chi connectivity index (χ3n) is 4.08. The van der Waals surface area contributed by atoms with Gasteiger partial charge in [0.15, 0.2) is 0 Å². The fraction of sp³-hybridized carbons (Fsp3) is 0.389. The fourth-order valence-corrected chi connectivity index (χ4v) is 6.79. The molecule has 29 heavy (non-hydrogen) atoms. The maximum absolute atomic E-state index is 11.9. The smallest absolute Gasteiger partial charge is 0 e. The average Bonchev–Trinajstić information content (AvgIpc) is 3.21. The molecule has 2 aliphatic rings. The summed E-state index contributed by atoms with van der Waals surface area (Å²) in [4.78, 5) is 23.9. The largest absolute Gasteiger partial charge is 0 e. The first-order chi connectivity index (χ1) is 13.5. The van der Waals surface area contributed by atoms with Crippen LogP contribution >= 0.6 is 7.92 Å². The number of carbonyl (C=O) groups is 2. The Hall–Kier alpha value is -1.76. The van der Waals surface area contributed by atoms with Crippen molar-refractivity contribution in [2.24, 2.45) is 0 Å². The van der Waals surface area contributed by atoms with Crippen molar-refractivity contribution >= 4 is 19.9 Å². The Bertz CT molecular complexity index is 622. The molecule has 2 unspecified atom stereocenters. The van der Waals surface area contributed by atoms with Crippen molar-refractivity contribution in [1.29, 1.82) is 0 Å². The quantitative estimate of drug-likeness (QED) is 0.156. The number of ether oxygens (including phenoxy) is 2. The van der Waals surface area contributed by atoms with Gasteiger partial charge in [-0.2, -0.15) is 0 Å². The normalized spacial score (nSPS) is 18.9. The van der Waals surface area contributed by atoms with Gasteiger partial charge < -0.3 is 9.47 Å². The first kappa shape index (κ1) is 37.9. The molecule has 9 nitrogen and oxygen atoms in total. The van der Waals surface area contributed by atoms with Crippen LogP contribution in [0.25, 0.3) is 0 Å². The Morgan fingerprint density at radius 3 is 1.10 bits per heavy atom. The van der Waals surface area contributed by atoms with E-state index >= 15 is 0 Å². The molecule has 2 heterocycles. The molecule has 0 amide bonds. The van der Waals surface area contributed by atoms with E-state index in [1.165, 1.54) is 25.4 Å². The molecule has 0 N–H and O–H groups in total. The molecule has 2 aliphatic heterocycles. The molecular weight excluding hydrogens is 575 g/mol. The second-order valence-corrected chi connectivity index (χ2v) is 7.43. The zero-order valence-electron chi connectivity index (χ0n) is 16.2. The van der Waals surface area contributed by atoms with E-state index in [9.17, 15) is 9.59 Å². The molecular formula is C18H18O9PW+. The number of allylic oxidation sites excluding steroid dienone is 2. The van der Waals surface area contributed by atoms with Crippen molar-refractivity contribution in [2.75, 3.05) is 20.9 Å². The van der Waals surface area contributed by atoms with E-state index in [-0.39, 0.29) is 44.3 Å². The van der Waals surface area contributed by atoms with Gasteiger partial charge in [-0.05, 0) is 25.0 Å². The van der Waals surface area contributed by atoms with E-state index in [1.54, 1.807) is 0 Å². The number of carbonyl (C=O) groups excluding carboxylic acids is 2. The number of fused-ring (bicyclic) bond motifs is 2. The SMILES string of the molecule is COC(=O)C1=C(C(=O)OC)C2C(C)=C(C)C1[PH+]2C.[C-]#[O+].[C-]#[O+].[C-]#[O+].[C-]#[O+].[C-]#[O+].[W]. The fourth-order valence-electron chi connectivity index (χ4n) is 3.18. The van der Waals surface area contributed by atoms with Gasteiger partial charge in [-0.25, -0.2) is 9.59 Å². The summed E-state index contributed by atoms with van der Waals surface area (Å²) in [6, 6.07) is 0. The zero-order chi connectivity index (χ0) is 23.6. The van der Waals surface area contributed by atoms with E-state index in [0.29, 0.717) is 11.1 Å². The zero-order valence-corrected chi connectivity index (χ0v) is 20.2. The minimum absolute atomic E-state index is 0. The molecule has 0 fully saturated rings. The molecule has 11 heteroatoms. The first-order valence-electron chi connectivity index (χ1n) is 6.89. The molecule has 2 atom stereocenters. The van der Waals surface area contributed by atoms with Crippen molar-refractivity contribution in [3.8, 4) is 0 Å². The van der Waals surface area contributed by atoms with E-state index < -0.39 is 7.92 Å². The maximum Gasteiger partial charge on any atom is 0 e. The molecule has 0 spiro atoms. The Balaban J connectivity index is -0.000000153. The van der Waals surface area contributed by atoms with Crippen LogP contribution in [-0.4, -0.2) is 44.1 Å². The standard InChI is InChI=1S/C13H17O4P.5CO.W/c1-6-7(2)11-9(13(15)17-4)8(12(14)16-3)10(6)18(11)5;5*1-2;/h10-11H,1-5H3;;;;;;/p+1. The average molecular weight is 593 g/mol. The van der Waals surface area contributed by atoms with Gasteiger partial charge >= 0.3 is 68.5 Å². The number of hydrogen-bond donors (Lipinski definition) is 0. The maximum atomic E-state index is 11.9. The Morgan fingerprint density at radius 2 is 0.931 bits per heavy atom. The van der Waals surface area contributed by atoms with E-state index in [1.807, 2.05) is 13.8 Å². The predicted molar refractivity (Wildman–Crippen MR) is 90.9 cm³/mol. The van der Waals surface area contributed by atoms with Crippen LogP contribution in [0.2, 0.25) is 0 Å². The third-order valence-corrected chi connectivity index (χ3v) is 7.34. The Labute approximate surface area is 184 Å². The van der Waals surface area contributed by atoms with Gasteiger partial charge in [-0.15, -0.1) is 0 Å². The number of methoxy groups -OCH3 is 2. The molecule has 0 aliphatic carbocycles. The van der Waals surface area contributed by atoms with Crippen LogP contribution < -0.4 is 0 Å². The van der Waals surface area contributed by atoms with Crippen molar-refractivity contribution in [2.45, 2.75) is 25.2 Å². The topological polar surface area (TPSA) is 152 Å². The summed E-state index contributed by atoms with van der Waals surface area (Å²) in [5.74, 6) is -0.779. The predicted octanol–water partition coefficient (Wildman–Crippen LogP) is 1.38. The first-order valence-corrected chi connectivity index (χ1v) is 9.04. The second-order valence-electron chi connectivity index (χ2n) is 4.79. The van der Waals surface area contributed by atoms with Gasteiger partial charge in [0.1, 0.15) is 11.3 Å². The van der Waals surface area contributed by atoms with Crippen molar-refractivity contribution < 1.29 is 63.4 Å². The molecule has 0 aromatic rings. The summed E-state index contributed by atoms with van der Waals surface area (Å²) in [6.45, 7) is 28.8. The molecule has 0 saturated carbocycles. The summed E-state index contributed by atoms with van der Waals surface area (Å²) >= 11 is 0. The third kappa shape index (κ3) is 8.64. The Kier molecular flexibility index (Phi) is 29.5. The molecule has 2 bridgehead atoms. The van der Waals surface area contributed by atoms with Crippen molar-refractivity contribution in [3.63, 3.8) is 0 Å². The second kappa shape index (κ2) is 22.5. The van der Waals surface area contributed by atoms with E-state index in [2.05, 4.69) is 39.9 Å². The minimum Gasteiger partial charge on any atom is 0 e. The van der Waals surface area contributed by atoms with Gasteiger partial charge in [0.05, 0.1) is 25.4 Å². The van der Waals surface area contributed by atoms with Crippen LogP contribution in [0.15, 0.2) is 22.3 Å². The molecule has 2 rings (SSSR count). The molecule has 0 aromatic carbocycles. The molecule has 0 saturated heterocycles. The molecule has 0 aromatic heterocycles. The number of rotatable bonds is 2. The summed E-state index contributed by atoms with van der Waals surface area (Å²) in [6.07, 6.45) is 0. The molecule has 0 radical (unpaired) electrons. The minimum atomic E-state index is -0.854. The summed E-state index contributed by atoms with van der Waals surface area (Å²) in [5, 5.41) is 0. The van der Waals surface area contributed by atoms with Crippen molar-refractivity contribution in [1.82, 2.24) is 0 Å². The van der Waals surface area contributed by atoms with Gasteiger partial charge in [0, 0.05) is 35.7 Å². The summed E-state index contributed by atoms with van der Waals surface area (Å²) in [7, 11) is 1.85. The summed E-state index contributed by atoms with van der Waals surface area (Å²) in [5.41, 5.74) is 3.72. The Morgan fingerprint density at radius 1 is 0.724 bits per heavy atom. The van der Waals surface area contributed by atoms with Gasteiger partial charge in [0.2, 0.25) is 0 Å². The number of esters is 2. The van der Waals surface area contributed by atoms with Gasteiger partial charge in [0.25, 0.3) is 0 Å². The van der Waals surface area contributed by atoms with Crippen LogP contribution in [0.5, 0.6) is 0 Å². The van der Waals surface area contributed by atoms with Crippen LogP contribution in [0.1, 0.15) is 13.8 Å². The van der Waals surface area contributed by atoms with Gasteiger partial charge in [-0.3, -0.25) is 0 Å². The number of hydrogen-bond acceptors (Lipinski definition) is 4. The van der Waals surface area contributed by atoms with Crippen molar-refractivity contribution in [3.05, 3.63) is 55.5 Å². The summed E-state index contributed by atoms with van der Waals surface area (Å²) < 4.78 is 47.2. The van der Waals surface area contributed by atoms with E-state index in [4.69, 9.17) is 32.7 Å².